The van der Waals surface area contributed by atoms with Gasteiger partial charge < -0.3 is 19.9 Å². The molecule has 33 heavy (non-hydrogen) atoms. The fourth-order valence-corrected chi connectivity index (χ4v) is 3.62. The van der Waals surface area contributed by atoms with Crippen LogP contribution in [0.2, 0.25) is 5.02 Å². The number of anilines is 1. The summed E-state index contributed by atoms with van der Waals surface area (Å²) in [6.45, 7) is 2.64. The second kappa shape index (κ2) is 9.75. The average Bonchev–Trinajstić information content (AvgIpc) is 2.83. The molecule has 2 N–H and O–H groups in total. The van der Waals surface area contributed by atoms with E-state index in [-0.39, 0.29) is 11.5 Å². The maximum Gasteiger partial charge on any atom is 0.335 e. The first-order valence-electron chi connectivity index (χ1n) is 10.3. The van der Waals surface area contributed by atoms with Gasteiger partial charge in [0, 0.05) is 30.0 Å². The Kier molecular flexibility index (Phi) is 6.60. The van der Waals surface area contributed by atoms with E-state index in [9.17, 15) is 4.79 Å². The Morgan fingerprint density at radius 3 is 2.48 bits per heavy atom. The van der Waals surface area contributed by atoms with Gasteiger partial charge in [0.15, 0.2) is 11.5 Å². The predicted octanol–water partition coefficient (Wildman–Crippen LogP) is 6.00. The first-order valence-corrected chi connectivity index (χ1v) is 10.7. The number of ether oxygens (including phenoxy) is 2. The molecule has 2 aromatic carbocycles. The van der Waals surface area contributed by atoms with Crippen LogP contribution in [0.4, 0.5) is 5.82 Å². The third-order valence-electron chi connectivity index (χ3n) is 5.28. The lowest BCUT2D eigenvalue weighted by Gasteiger charge is -2.16. The van der Waals surface area contributed by atoms with Gasteiger partial charge in [0.2, 0.25) is 5.88 Å². The number of fused-ring (bicyclic) bond motifs is 1. The monoisotopic (exact) mass is 463 g/mol. The van der Waals surface area contributed by atoms with E-state index in [2.05, 4.69) is 22.2 Å². The molecule has 0 bridgehead atoms. The van der Waals surface area contributed by atoms with E-state index in [0.29, 0.717) is 34.8 Å². The van der Waals surface area contributed by atoms with Gasteiger partial charge in [0.25, 0.3) is 0 Å². The Labute approximate surface area is 196 Å². The maximum atomic E-state index is 11.1. The summed E-state index contributed by atoms with van der Waals surface area (Å²) in [5.74, 6) is 1.19. The van der Waals surface area contributed by atoms with Crippen molar-refractivity contribution in [2.45, 2.75) is 12.8 Å². The summed E-state index contributed by atoms with van der Waals surface area (Å²) >= 11 is 6.06. The van der Waals surface area contributed by atoms with Gasteiger partial charge in [-0.15, -0.1) is 0 Å². The molecule has 4 rings (SSSR count). The highest BCUT2D eigenvalue weighted by molar-refractivity contribution is 6.30. The topological polar surface area (TPSA) is 93.6 Å². The number of aromatic nitrogens is 2. The van der Waals surface area contributed by atoms with Gasteiger partial charge in [-0.3, -0.25) is 0 Å². The third kappa shape index (κ3) is 4.99. The van der Waals surface area contributed by atoms with Gasteiger partial charge in [-0.2, -0.15) is 0 Å². The molecule has 4 aromatic rings. The number of nitrogens with zero attached hydrogens (tertiary/aromatic N) is 2. The number of carbonyl (C=O) groups is 1. The van der Waals surface area contributed by atoms with Gasteiger partial charge in [-0.1, -0.05) is 30.7 Å². The second-order valence-corrected chi connectivity index (χ2v) is 7.92. The molecule has 0 unspecified atom stereocenters. The van der Waals surface area contributed by atoms with E-state index in [0.717, 1.165) is 16.3 Å². The molecule has 7 nitrogen and oxygen atoms in total. The lowest BCUT2D eigenvalue weighted by molar-refractivity contribution is 0.0697. The van der Waals surface area contributed by atoms with Gasteiger partial charge in [-0.25, -0.2) is 14.8 Å². The smallest absolute Gasteiger partial charge is 0.335 e. The van der Waals surface area contributed by atoms with Crippen LogP contribution in [0.5, 0.6) is 17.4 Å². The number of rotatable bonds is 8. The molecule has 8 heteroatoms. The van der Waals surface area contributed by atoms with Crippen molar-refractivity contribution in [2.24, 2.45) is 0 Å². The van der Waals surface area contributed by atoms with Crippen molar-refractivity contribution < 1.29 is 19.4 Å². The zero-order valence-corrected chi connectivity index (χ0v) is 18.8. The molecular formula is C25H22ClN3O4. The standard InChI is InChI=1S/C25H22ClN3O4/c1-15(16-3-5-18(6-4-16)25(30)31)14-29-23-22-17(9-11-27-23)10-12-28-24(22)33-20-8-7-19(26)13-21(20)32-2/h3-13,15H,14H2,1-2H3,(H,27,29)(H,30,31)/t15-/m1/s1. The third-order valence-corrected chi connectivity index (χ3v) is 5.51. The van der Waals surface area contributed by atoms with E-state index in [1.807, 2.05) is 24.3 Å². The fraction of sp³-hybridized carbons (Fsp3) is 0.160. The largest absolute Gasteiger partial charge is 0.493 e. The maximum absolute atomic E-state index is 11.1. The highest BCUT2D eigenvalue weighted by atomic mass is 35.5. The van der Waals surface area contributed by atoms with Gasteiger partial charge in [0.05, 0.1) is 18.1 Å². The molecule has 0 aliphatic rings. The Morgan fingerprint density at radius 1 is 1.06 bits per heavy atom. The van der Waals surface area contributed by atoms with Crippen LogP contribution in [-0.2, 0) is 0 Å². The minimum Gasteiger partial charge on any atom is -0.493 e. The number of hydrogen-bond donors (Lipinski definition) is 2. The minimum atomic E-state index is -0.940. The van der Waals surface area contributed by atoms with Crippen molar-refractivity contribution in [3.8, 4) is 17.4 Å². The summed E-state index contributed by atoms with van der Waals surface area (Å²) < 4.78 is 11.5. The van der Waals surface area contributed by atoms with E-state index >= 15 is 0 Å². The summed E-state index contributed by atoms with van der Waals surface area (Å²) in [5.41, 5.74) is 1.29. The highest BCUT2D eigenvalue weighted by Crippen LogP contribution is 2.37. The van der Waals surface area contributed by atoms with Crippen molar-refractivity contribution in [3.05, 3.63) is 83.1 Å². The molecule has 0 fully saturated rings. The molecule has 168 valence electrons. The zero-order chi connectivity index (χ0) is 23.4. The van der Waals surface area contributed by atoms with Crippen LogP contribution in [0.1, 0.15) is 28.8 Å². The molecule has 2 aromatic heterocycles. The molecule has 0 saturated heterocycles. The molecule has 0 amide bonds. The SMILES string of the molecule is COc1cc(Cl)ccc1Oc1nccc2ccnc(NC[C@@H](C)c3ccc(C(=O)O)cc3)c12. The van der Waals surface area contributed by atoms with E-state index in [1.165, 1.54) is 0 Å². The van der Waals surface area contributed by atoms with Gasteiger partial charge in [-0.05, 0) is 53.3 Å². The zero-order valence-electron chi connectivity index (χ0n) is 18.1. The van der Waals surface area contributed by atoms with E-state index < -0.39 is 5.97 Å². The van der Waals surface area contributed by atoms with Crippen LogP contribution in [-0.4, -0.2) is 34.7 Å². The number of carboxylic acids is 1. The summed E-state index contributed by atoms with van der Waals surface area (Å²) in [7, 11) is 1.55. The summed E-state index contributed by atoms with van der Waals surface area (Å²) in [4.78, 5) is 20.0. The van der Waals surface area contributed by atoms with Crippen molar-refractivity contribution in [3.63, 3.8) is 0 Å². The number of benzene rings is 2. The number of pyridine rings is 2. The van der Waals surface area contributed by atoms with Crippen molar-refractivity contribution in [1.29, 1.82) is 0 Å². The quantitative estimate of drug-likeness (QED) is 0.331. The molecule has 0 aliphatic carbocycles. The van der Waals surface area contributed by atoms with Crippen molar-refractivity contribution in [2.75, 3.05) is 19.0 Å². The summed E-state index contributed by atoms with van der Waals surface area (Å²) in [5, 5.41) is 14.7. The Hall–Kier alpha value is -3.84. The number of carboxylic acid groups (broad SMARTS) is 1. The number of methoxy groups -OCH3 is 1. The fourth-order valence-electron chi connectivity index (χ4n) is 3.45. The summed E-state index contributed by atoms with van der Waals surface area (Å²) in [6.07, 6.45) is 3.40. The lowest BCUT2D eigenvalue weighted by atomic mass is 10.00. The van der Waals surface area contributed by atoms with Gasteiger partial charge in [0.1, 0.15) is 5.82 Å². The molecule has 2 heterocycles. The predicted molar refractivity (Wildman–Crippen MR) is 128 cm³/mol. The van der Waals surface area contributed by atoms with Crippen LogP contribution < -0.4 is 14.8 Å². The number of aromatic carboxylic acids is 1. The van der Waals surface area contributed by atoms with Crippen LogP contribution in [0, 0.1) is 0 Å². The molecule has 0 spiro atoms. The molecule has 1 atom stereocenters. The number of nitrogens with one attached hydrogen (secondary N) is 1. The van der Waals surface area contributed by atoms with Crippen LogP contribution in [0.15, 0.2) is 67.0 Å². The van der Waals surface area contributed by atoms with Crippen LogP contribution in [0.3, 0.4) is 0 Å². The van der Waals surface area contributed by atoms with E-state index in [1.54, 1.807) is 49.8 Å². The highest BCUT2D eigenvalue weighted by Gasteiger charge is 2.15. The summed E-state index contributed by atoms with van der Waals surface area (Å²) in [6, 6.07) is 15.8. The van der Waals surface area contributed by atoms with Crippen LogP contribution in [0.25, 0.3) is 10.8 Å². The normalized spacial score (nSPS) is 11.7. The number of hydrogen-bond acceptors (Lipinski definition) is 6. The Balaban J connectivity index is 1.60. The average molecular weight is 464 g/mol. The molecule has 0 aliphatic heterocycles. The van der Waals surface area contributed by atoms with E-state index in [4.69, 9.17) is 26.2 Å². The minimum absolute atomic E-state index is 0.113. The molecule has 0 radical (unpaired) electrons. The Morgan fingerprint density at radius 2 is 1.79 bits per heavy atom. The first-order chi connectivity index (χ1) is 16.0. The molecular weight excluding hydrogens is 442 g/mol. The van der Waals surface area contributed by atoms with Gasteiger partial charge >= 0.3 is 5.97 Å². The Bertz CT molecular complexity index is 1290. The number of halogens is 1. The first kappa shape index (κ1) is 22.4. The van der Waals surface area contributed by atoms with Crippen molar-refractivity contribution in [1.82, 2.24) is 9.97 Å². The molecule has 0 saturated carbocycles. The lowest BCUT2D eigenvalue weighted by Crippen LogP contribution is -2.11. The second-order valence-electron chi connectivity index (χ2n) is 7.48. The van der Waals surface area contributed by atoms with Crippen molar-refractivity contribution >= 4 is 34.2 Å². The van der Waals surface area contributed by atoms with Crippen LogP contribution >= 0.6 is 11.6 Å².